The summed E-state index contributed by atoms with van der Waals surface area (Å²) in [4.78, 5) is 78.3. The van der Waals surface area contributed by atoms with Crippen molar-refractivity contribution in [2.75, 3.05) is 0 Å². The summed E-state index contributed by atoms with van der Waals surface area (Å²) >= 11 is 0. The van der Waals surface area contributed by atoms with E-state index in [0.29, 0.717) is 35.5 Å². The van der Waals surface area contributed by atoms with Crippen LogP contribution < -0.4 is 0 Å². The van der Waals surface area contributed by atoms with Crippen LogP contribution in [0.4, 0.5) is 0 Å². The standard InChI is InChI=1S/3C21H35O2.Eu/c3*1-14-9-11-20(7,18(14,3)4)16(22)13-17(23)21(8)12-10-15(2)19(21,5)6;/h3*13-15H,9-12H2,1-8H3;/q3*-1;+3. The van der Waals surface area contributed by atoms with Crippen molar-refractivity contribution >= 4 is 34.7 Å². The maximum Gasteiger partial charge on any atom is 3.00 e. The topological polar surface area (TPSA) is 102 Å². The third kappa shape index (κ3) is 9.82. The Morgan fingerprint density at radius 1 is 0.257 bits per heavy atom. The molecule has 0 radical (unpaired) electrons. The molecule has 6 fully saturated rings. The Bertz CT molecular complexity index is 1640. The van der Waals surface area contributed by atoms with Gasteiger partial charge in [0.05, 0.1) is 0 Å². The largest absolute Gasteiger partial charge is 3.00 e. The SMILES string of the molecule is CC1CCC(C)(C(=O)[CH-]C(=O)C2(C)CCC(C)C2(C)C)C1(C)C.CC1CCC(C)(C(=O)[CH-]C(=O)C2(C)CCC(C)C2(C)C)C1(C)C.CC1CCC(C)(C(=O)[CH-]C(=O)C2(C)CCC(C)C2(C)C)C1(C)C.[Eu+3]. The number of rotatable bonds is 12. The zero-order valence-electron chi connectivity index (χ0n) is 49.5. The molecule has 0 spiro atoms. The van der Waals surface area contributed by atoms with E-state index in [1.54, 1.807) is 0 Å². The summed E-state index contributed by atoms with van der Waals surface area (Å²) < 4.78 is 0. The molecule has 0 aromatic carbocycles. The molecule has 6 aliphatic carbocycles. The molecule has 6 rings (SSSR count). The van der Waals surface area contributed by atoms with Crippen LogP contribution in [0.1, 0.15) is 243 Å². The summed E-state index contributed by atoms with van der Waals surface area (Å²) in [5.74, 6) is 3.37. The molecular formula is C63H105EuO6. The molecule has 0 aliphatic heterocycles. The Morgan fingerprint density at radius 3 is 0.429 bits per heavy atom. The van der Waals surface area contributed by atoms with E-state index in [4.69, 9.17) is 0 Å². The monoisotopic (exact) mass is 1110 g/mol. The number of ketones is 6. The first-order valence-electron chi connectivity index (χ1n) is 27.7. The summed E-state index contributed by atoms with van der Waals surface area (Å²) in [7, 11) is 0. The van der Waals surface area contributed by atoms with E-state index in [-0.39, 0.29) is 117 Å². The Balaban J connectivity index is 0.000000276. The van der Waals surface area contributed by atoms with Crippen LogP contribution in [0.25, 0.3) is 0 Å². The van der Waals surface area contributed by atoms with E-state index in [0.717, 1.165) is 77.0 Å². The van der Waals surface area contributed by atoms with Gasteiger partial charge >= 0.3 is 49.4 Å². The average molecular weight is 1110 g/mol. The summed E-state index contributed by atoms with van der Waals surface area (Å²) in [6.45, 7) is 51.9. The van der Waals surface area contributed by atoms with Gasteiger partial charge in [0.1, 0.15) is 0 Å². The molecule has 0 heterocycles. The fraction of sp³-hybridized carbons (Fsp3) is 0.857. The van der Waals surface area contributed by atoms with Crippen molar-refractivity contribution in [1.29, 1.82) is 0 Å². The van der Waals surface area contributed by atoms with Crippen molar-refractivity contribution in [1.82, 2.24) is 0 Å². The molecule has 6 aliphatic rings. The van der Waals surface area contributed by atoms with Crippen molar-refractivity contribution in [3.05, 3.63) is 19.3 Å². The first-order chi connectivity index (χ1) is 30.9. The Hall–Kier alpha value is -0.786. The molecule has 12 unspecified atom stereocenters. The van der Waals surface area contributed by atoms with Crippen molar-refractivity contribution in [3.63, 3.8) is 0 Å². The average Bonchev–Trinajstić information content (AvgIpc) is 3.92. The van der Waals surface area contributed by atoms with Gasteiger partial charge in [-0.05, 0) is 145 Å². The van der Waals surface area contributed by atoms with E-state index in [9.17, 15) is 28.8 Å². The van der Waals surface area contributed by atoms with Gasteiger partial charge in [0.25, 0.3) is 0 Å². The summed E-state index contributed by atoms with van der Waals surface area (Å²) in [5.41, 5.74) is -2.79. The van der Waals surface area contributed by atoms with Crippen molar-refractivity contribution in [3.8, 4) is 0 Å². The van der Waals surface area contributed by atoms with Crippen molar-refractivity contribution in [2.45, 2.75) is 243 Å². The smallest absolute Gasteiger partial charge is 0.333 e. The second-order valence-corrected chi connectivity index (χ2v) is 29.6. The van der Waals surface area contributed by atoms with Crippen molar-refractivity contribution in [2.24, 2.45) is 100 Å². The molecule has 0 aromatic rings. The molecule has 7 heteroatoms. The van der Waals surface area contributed by atoms with Gasteiger partial charge in [-0.15, -0.1) is 0 Å². The first-order valence-corrected chi connectivity index (χ1v) is 27.7. The number of hydrogen-bond acceptors (Lipinski definition) is 6. The molecule has 400 valence electrons. The molecule has 0 N–H and O–H groups in total. The molecular weight excluding hydrogens is 1000 g/mol. The zero-order valence-corrected chi connectivity index (χ0v) is 51.9. The van der Waals surface area contributed by atoms with E-state index < -0.39 is 32.5 Å². The van der Waals surface area contributed by atoms with E-state index in [1.807, 2.05) is 0 Å². The quantitative estimate of drug-likeness (QED) is 0.142. The van der Waals surface area contributed by atoms with Crippen LogP contribution in [0, 0.1) is 169 Å². The normalized spacial score (nSPS) is 41.1. The first kappa shape index (κ1) is 63.5. The third-order valence-electron chi connectivity index (χ3n) is 26.4. The molecule has 0 aromatic heterocycles. The zero-order chi connectivity index (χ0) is 53.5. The number of carbonyl (C=O) groups excluding carboxylic acids is 6. The van der Waals surface area contributed by atoms with E-state index >= 15 is 0 Å². The van der Waals surface area contributed by atoms with Gasteiger partial charge in [0.2, 0.25) is 0 Å². The van der Waals surface area contributed by atoms with Gasteiger partial charge in [-0.1, -0.05) is 166 Å². The Morgan fingerprint density at radius 2 is 0.357 bits per heavy atom. The molecule has 6 nitrogen and oxygen atoms in total. The van der Waals surface area contributed by atoms with Gasteiger partial charge in [-0.3, -0.25) is 19.3 Å². The fourth-order valence-electron chi connectivity index (χ4n) is 14.3. The van der Waals surface area contributed by atoms with Crippen LogP contribution in [0.3, 0.4) is 0 Å². The minimum absolute atomic E-state index is 0. The van der Waals surface area contributed by atoms with Gasteiger partial charge in [0, 0.05) is 67.2 Å². The van der Waals surface area contributed by atoms with Gasteiger partial charge in [-0.2, -0.15) is 0 Å². The predicted octanol–water partition coefficient (Wildman–Crippen LogP) is 15.8. The van der Waals surface area contributed by atoms with Crippen LogP contribution >= 0.6 is 0 Å². The van der Waals surface area contributed by atoms with Crippen molar-refractivity contribution < 1.29 is 78.1 Å². The Kier molecular flexibility index (Phi) is 18.7. The number of hydrogen-bond donors (Lipinski definition) is 0. The van der Waals surface area contributed by atoms with E-state index in [1.165, 1.54) is 19.3 Å². The minimum atomic E-state index is -0.410. The second-order valence-electron chi connectivity index (χ2n) is 29.6. The third-order valence-corrected chi connectivity index (χ3v) is 26.4. The van der Waals surface area contributed by atoms with Gasteiger partial charge in [0.15, 0.2) is 0 Å². The second kappa shape index (κ2) is 20.6. The van der Waals surface area contributed by atoms with Crippen LogP contribution in [-0.4, -0.2) is 34.7 Å². The number of carbonyl (C=O) groups is 6. The predicted molar refractivity (Wildman–Crippen MR) is 285 cm³/mol. The van der Waals surface area contributed by atoms with Gasteiger partial charge in [-0.25, -0.2) is 0 Å². The molecule has 0 amide bonds. The van der Waals surface area contributed by atoms with E-state index in [2.05, 4.69) is 166 Å². The van der Waals surface area contributed by atoms with Crippen LogP contribution in [-0.2, 0) is 28.8 Å². The summed E-state index contributed by atoms with van der Waals surface area (Å²) in [6, 6.07) is 0. The fourth-order valence-corrected chi connectivity index (χ4v) is 14.3. The summed E-state index contributed by atoms with van der Waals surface area (Å²) in [6.07, 6.45) is 16.1. The molecule has 70 heavy (non-hydrogen) atoms. The minimum Gasteiger partial charge on any atom is -0.333 e. The molecule has 12 atom stereocenters. The number of Topliss-reactive ketones (excluding diaryl/α,β-unsaturated/α-hetero) is 6. The van der Waals surface area contributed by atoms with Gasteiger partial charge < -0.3 is 28.8 Å². The van der Waals surface area contributed by atoms with Crippen LogP contribution in [0.2, 0.25) is 0 Å². The summed E-state index contributed by atoms with van der Waals surface area (Å²) in [5, 5.41) is 0. The molecule has 6 saturated carbocycles. The molecule has 0 saturated heterocycles. The molecule has 0 bridgehead atoms. The maximum absolute atomic E-state index is 13.1. The Labute approximate surface area is 471 Å². The van der Waals surface area contributed by atoms with Crippen LogP contribution in [0.5, 0.6) is 0 Å². The maximum atomic E-state index is 13.1. The van der Waals surface area contributed by atoms with Crippen LogP contribution in [0.15, 0.2) is 0 Å².